The van der Waals surface area contributed by atoms with Crippen LogP contribution >= 0.6 is 11.6 Å². The SMILES string of the molecule is NCCn1cnc(C(=O)Nc2ccc(Cl)cc2C(=O)O)c1. The lowest BCUT2D eigenvalue weighted by molar-refractivity contribution is 0.0698. The molecule has 2 aromatic rings. The largest absolute Gasteiger partial charge is 0.478 e. The Labute approximate surface area is 125 Å². The second kappa shape index (κ2) is 6.38. The summed E-state index contributed by atoms with van der Waals surface area (Å²) in [5.41, 5.74) is 5.66. The van der Waals surface area contributed by atoms with Gasteiger partial charge in [0.25, 0.3) is 5.91 Å². The molecule has 0 atom stereocenters. The van der Waals surface area contributed by atoms with Gasteiger partial charge in [0.1, 0.15) is 5.69 Å². The molecule has 0 saturated carbocycles. The highest BCUT2D eigenvalue weighted by molar-refractivity contribution is 6.31. The fourth-order valence-electron chi connectivity index (χ4n) is 1.74. The van der Waals surface area contributed by atoms with Crippen LogP contribution in [0.5, 0.6) is 0 Å². The first kappa shape index (κ1) is 15.0. The first-order valence-electron chi connectivity index (χ1n) is 6.07. The van der Waals surface area contributed by atoms with E-state index >= 15 is 0 Å². The molecule has 2 rings (SSSR count). The fourth-order valence-corrected chi connectivity index (χ4v) is 1.91. The van der Waals surface area contributed by atoms with Crippen molar-refractivity contribution >= 4 is 29.2 Å². The second-order valence-corrected chi connectivity index (χ2v) is 4.67. The number of aromatic carboxylic acids is 1. The number of rotatable bonds is 5. The lowest BCUT2D eigenvalue weighted by Gasteiger charge is -2.07. The van der Waals surface area contributed by atoms with Crippen molar-refractivity contribution in [3.63, 3.8) is 0 Å². The zero-order valence-corrected chi connectivity index (χ0v) is 11.7. The first-order valence-corrected chi connectivity index (χ1v) is 6.45. The Morgan fingerprint density at radius 1 is 1.43 bits per heavy atom. The zero-order valence-electron chi connectivity index (χ0n) is 10.9. The van der Waals surface area contributed by atoms with E-state index in [0.717, 1.165) is 0 Å². The zero-order chi connectivity index (χ0) is 15.4. The van der Waals surface area contributed by atoms with Crippen LogP contribution in [-0.2, 0) is 6.54 Å². The van der Waals surface area contributed by atoms with Gasteiger partial charge in [-0.3, -0.25) is 4.79 Å². The number of halogens is 1. The predicted octanol–water partition coefficient (Wildman–Crippen LogP) is 1.45. The number of anilines is 1. The Morgan fingerprint density at radius 2 is 2.19 bits per heavy atom. The molecular weight excluding hydrogens is 296 g/mol. The Hall–Kier alpha value is -2.38. The van der Waals surface area contributed by atoms with Crippen LogP contribution in [0, 0.1) is 0 Å². The summed E-state index contributed by atoms with van der Waals surface area (Å²) in [4.78, 5) is 27.1. The maximum absolute atomic E-state index is 12.0. The van der Waals surface area contributed by atoms with Crippen molar-refractivity contribution < 1.29 is 14.7 Å². The van der Waals surface area contributed by atoms with Crippen LogP contribution in [0.1, 0.15) is 20.8 Å². The molecule has 110 valence electrons. The van der Waals surface area contributed by atoms with Gasteiger partial charge in [-0.25, -0.2) is 9.78 Å². The van der Waals surface area contributed by atoms with Crippen molar-refractivity contribution in [3.8, 4) is 0 Å². The first-order chi connectivity index (χ1) is 10.0. The van der Waals surface area contributed by atoms with Crippen molar-refractivity contribution in [2.24, 2.45) is 5.73 Å². The standard InChI is InChI=1S/C13H13ClN4O3/c14-8-1-2-10(9(5-8)13(20)21)17-12(19)11-6-18(4-3-15)7-16-11/h1-2,5-7H,3-4,15H2,(H,17,19)(H,20,21). The van der Waals surface area contributed by atoms with E-state index in [2.05, 4.69) is 10.3 Å². The van der Waals surface area contributed by atoms with E-state index in [1.54, 1.807) is 10.8 Å². The summed E-state index contributed by atoms with van der Waals surface area (Å²) in [5.74, 6) is -1.68. The van der Waals surface area contributed by atoms with Crippen LogP contribution in [0.25, 0.3) is 0 Å². The van der Waals surface area contributed by atoms with Crippen molar-refractivity contribution in [3.05, 3.63) is 47.0 Å². The molecule has 0 radical (unpaired) electrons. The number of benzene rings is 1. The predicted molar refractivity (Wildman–Crippen MR) is 77.6 cm³/mol. The van der Waals surface area contributed by atoms with Gasteiger partial charge in [0.15, 0.2) is 0 Å². The molecule has 0 aliphatic heterocycles. The minimum Gasteiger partial charge on any atom is -0.478 e. The number of carbonyl (C=O) groups is 2. The van der Waals surface area contributed by atoms with Gasteiger partial charge in [0.05, 0.1) is 17.6 Å². The van der Waals surface area contributed by atoms with E-state index in [1.165, 1.54) is 24.5 Å². The summed E-state index contributed by atoms with van der Waals surface area (Å²) >= 11 is 5.75. The maximum Gasteiger partial charge on any atom is 0.337 e. The Balaban J connectivity index is 2.20. The molecule has 21 heavy (non-hydrogen) atoms. The Morgan fingerprint density at radius 3 is 2.86 bits per heavy atom. The number of aromatic nitrogens is 2. The van der Waals surface area contributed by atoms with Gasteiger partial charge in [-0.1, -0.05) is 11.6 Å². The topological polar surface area (TPSA) is 110 Å². The molecule has 7 nitrogen and oxygen atoms in total. The van der Waals surface area contributed by atoms with Crippen molar-refractivity contribution in [1.29, 1.82) is 0 Å². The van der Waals surface area contributed by atoms with Crippen LogP contribution in [-0.4, -0.2) is 33.1 Å². The molecule has 0 fully saturated rings. The minimum absolute atomic E-state index is 0.0859. The number of nitrogens with one attached hydrogen (secondary N) is 1. The van der Waals surface area contributed by atoms with Gasteiger partial charge in [-0.2, -0.15) is 0 Å². The van der Waals surface area contributed by atoms with Gasteiger partial charge in [-0.15, -0.1) is 0 Å². The molecule has 0 unspecified atom stereocenters. The van der Waals surface area contributed by atoms with Gasteiger partial charge in [-0.05, 0) is 18.2 Å². The van der Waals surface area contributed by atoms with E-state index in [4.69, 9.17) is 22.4 Å². The van der Waals surface area contributed by atoms with E-state index in [9.17, 15) is 9.59 Å². The van der Waals surface area contributed by atoms with Crippen molar-refractivity contribution in [1.82, 2.24) is 9.55 Å². The molecule has 8 heteroatoms. The average molecular weight is 309 g/mol. The third-order valence-electron chi connectivity index (χ3n) is 2.71. The number of hydrogen-bond donors (Lipinski definition) is 3. The molecule has 4 N–H and O–H groups in total. The molecule has 1 heterocycles. The van der Waals surface area contributed by atoms with E-state index in [-0.39, 0.29) is 22.0 Å². The Bertz CT molecular complexity index is 684. The van der Waals surface area contributed by atoms with Crippen molar-refractivity contribution in [2.75, 3.05) is 11.9 Å². The number of carbonyl (C=O) groups excluding carboxylic acids is 1. The average Bonchev–Trinajstić information content (AvgIpc) is 2.89. The van der Waals surface area contributed by atoms with Gasteiger partial charge >= 0.3 is 5.97 Å². The molecule has 1 aromatic heterocycles. The number of amides is 1. The van der Waals surface area contributed by atoms with Crippen LogP contribution < -0.4 is 11.1 Å². The van der Waals surface area contributed by atoms with Crippen LogP contribution in [0.4, 0.5) is 5.69 Å². The lowest BCUT2D eigenvalue weighted by atomic mass is 10.1. The van der Waals surface area contributed by atoms with E-state index in [1.807, 2.05) is 0 Å². The molecule has 0 spiro atoms. The summed E-state index contributed by atoms with van der Waals surface area (Å²) in [6.45, 7) is 0.972. The quantitative estimate of drug-likeness (QED) is 0.774. The monoisotopic (exact) mass is 308 g/mol. The fraction of sp³-hybridized carbons (Fsp3) is 0.154. The molecule has 1 aromatic carbocycles. The summed E-state index contributed by atoms with van der Waals surface area (Å²) < 4.78 is 1.68. The summed E-state index contributed by atoms with van der Waals surface area (Å²) in [7, 11) is 0. The number of hydrogen-bond acceptors (Lipinski definition) is 4. The number of nitrogens with zero attached hydrogens (tertiary/aromatic N) is 2. The summed E-state index contributed by atoms with van der Waals surface area (Å²) in [5, 5.41) is 11.9. The minimum atomic E-state index is -1.18. The van der Waals surface area contributed by atoms with E-state index in [0.29, 0.717) is 13.1 Å². The summed E-state index contributed by atoms with van der Waals surface area (Å²) in [6, 6.07) is 4.20. The van der Waals surface area contributed by atoms with E-state index < -0.39 is 11.9 Å². The molecule has 1 amide bonds. The molecule has 0 bridgehead atoms. The number of nitrogens with two attached hydrogens (primary N) is 1. The lowest BCUT2D eigenvalue weighted by Crippen LogP contribution is -2.15. The maximum atomic E-state index is 12.0. The van der Waals surface area contributed by atoms with Crippen LogP contribution in [0.3, 0.4) is 0 Å². The van der Waals surface area contributed by atoms with Crippen LogP contribution in [0.2, 0.25) is 5.02 Å². The highest BCUT2D eigenvalue weighted by Crippen LogP contribution is 2.21. The smallest absolute Gasteiger partial charge is 0.337 e. The molecule has 0 aliphatic rings. The van der Waals surface area contributed by atoms with Crippen molar-refractivity contribution in [2.45, 2.75) is 6.54 Å². The van der Waals surface area contributed by atoms with Gasteiger partial charge < -0.3 is 20.7 Å². The van der Waals surface area contributed by atoms with Crippen LogP contribution in [0.15, 0.2) is 30.7 Å². The highest BCUT2D eigenvalue weighted by atomic mass is 35.5. The molecular formula is C13H13ClN4O3. The Kier molecular flexibility index (Phi) is 4.56. The second-order valence-electron chi connectivity index (χ2n) is 4.23. The number of carboxylic acid groups (broad SMARTS) is 1. The number of imidazole rings is 1. The molecule has 0 aliphatic carbocycles. The number of carboxylic acids is 1. The normalized spacial score (nSPS) is 10.4. The summed E-state index contributed by atoms with van der Waals surface area (Å²) in [6.07, 6.45) is 3.03. The molecule has 0 saturated heterocycles. The third kappa shape index (κ3) is 3.59. The highest BCUT2D eigenvalue weighted by Gasteiger charge is 2.15. The van der Waals surface area contributed by atoms with Gasteiger partial charge in [0.2, 0.25) is 0 Å². The van der Waals surface area contributed by atoms with Gasteiger partial charge in [0, 0.05) is 24.3 Å². The third-order valence-corrected chi connectivity index (χ3v) is 2.95.